The summed E-state index contributed by atoms with van der Waals surface area (Å²) in [6.45, 7) is 12.1. The average molecular weight is 570 g/mol. The molecular formula is C32H39N7O3. The zero-order valence-corrected chi connectivity index (χ0v) is 24.4. The summed E-state index contributed by atoms with van der Waals surface area (Å²) in [6.07, 6.45) is 6.41. The van der Waals surface area contributed by atoms with Crippen molar-refractivity contribution in [2.24, 2.45) is 0 Å². The van der Waals surface area contributed by atoms with Crippen molar-refractivity contribution in [1.82, 2.24) is 24.3 Å². The zero-order chi connectivity index (χ0) is 29.1. The SMILES string of the molecule is C=CC(=O)N1CCN(c2nc(OCCN3CCOCC3)nc3c2CCC(n2ccc4ccc(C)cc42)C3)CC1CC#N. The minimum atomic E-state index is -0.226. The van der Waals surface area contributed by atoms with Gasteiger partial charge in [-0.3, -0.25) is 9.69 Å². The second-order valence-corrected chi connectivity index (χ2v) is 11.4. The molecule has 10 nitrogen and oxygen atoms in total. The quantitative estimate of drug-likeness (QED) is 0.381. The fourth-order valence-electron chi connectivity index (χ4n) is 6.52. The molecule has 0 spiro atoms. The predicted octanol–water partition coefficient (Wildman–Crippen LogP) is 3.30. The number of piperazine rings is 1. The van der Waals surface area contributed by atoms with Gasteiger partial charge in [-0.2, -0.15) is 15.2 Å². The minimum Gasteiger partial charge on any atom is -0.462 e. The van der Waals surface area contributed by atoms with Crippen LogP contribution in [0, 0.1) is 18.3 Å². The Kier molecular flexibility index (Phi) is 8.40. The van der Waals surface area contributed by atoms with Gasteiger partial charge in [-0.15, -0.1) is 0 Å². The van der Waals surface area contributed by atoms with Crippen LogP contribution in [0.2, 0.25) is 0 Å². The summed E-state index contributed by atoms with van der Waals surface area (Å²) in [5.41, 5.74) is 4.68. The summed E-state index contributed by atoms with van der Waals surface area (Å²) < 4.78 is 14.1. The second kappa shape index (κ2) is 12.5. The van der Waals surface area contributed by atoms with E-state index in [2.05, 4.69) is 64.4 Å². The molecule has 0 saturated carbocycles. The van der Waals surface area contributed by atoms with Gasteiger partial charge in [-0.25, -0.2) is 0 Å². The number of fused-ring (bicyclic) bond motifs is 2. The third-order valence-corrected chi connectivity index (χ3v) is 8.79. The number of aromatic nitrogens is 3. The van der Waals surface area contributed by atoms with E-state index in [1.54, 1.807) is 4.90 Å². The Morgan fingerprint density at radius 1 is 1.21 bits per heavy atom. The number of benzene rings is 1. The molecule has 4 heterocycles. The molecular weight excluding hydrogens is 530 g/mol. The van der Waals surface area contributed by atoms with Crippen molar-refractivity contribution < 1.29 is 14.3 Å². The molecule has 2 saturated heterocycles. The van der Waals surface area contributed by atoms with Crippen LogP contribution < -0.4 is 9.64 Å². The van der Waals surface area contributed by atoms with Crippen LogP contribution in [-0.2, 0) is 22.4 Å². The molecule has 42 heavy (non-hydrogen) atoms. The first-order valence-electron chi connectivity index (χ1n) is 15.0. The number of carbonyl (C=O) groups excluding carboxylic acids is 1. The van der Waals surface area contributed by atoms with Crippen molar-refractivity contribution >= 4 is 22.6 Å². The average Bonchev–Trinajstić information content (AvgIpc) is 3.44. The van der Waals surface area contributed by atoms with Crippen molar-refractivity contribution in [3.63, 3.8) is 0 Å². The Bertz CT molecular complexity index is 1490. The summed E-state index contributed by atoms with van der Waals surface area (Å²) >= 11 is 0. The second-order valence-electron chi connectivity index (χ2n) is 11.4. The lowest BCUT2D eigenvalue weighted by Crippen LogP contribution is -2.55. The van der Waals surface area contributed by atoms with Crippen LogP contribution in [-0.4, -0.2) is 95.4 Å². The van der Waals surface area contributed by atoms with Gasteiger partial charge in [0, 0.05) is 69.0 Å². The van der Waals surface area contributed by atoms with Crippen LogP contribution in [0.1, 0.15) is 35.7 Å². The highest BCUT2D eigenvalue weighted by Crippen LogP contribution is 2.37. The van der Waals surface area contributed by atoms with Gasteiger partial charge in [-0.05, 0) is 48.9 Å². The molecule has 2 fully saturated rings. The molecule has 2 unspecified atom stereocenters. The zero-order valence-electron chi connectivity index (χ0n) is 24.4. The third-order valence-electron chi connectivity index (χ3n) is 8.79. The molecule has 1 amide bonds. The van der Waals surface area contributed by atoms with Crippen molar-refractivity contribution in [1.29, 1.82) is 5.26 Å². The smallest absolute Gasteiger partial charge is 0.318 e. The fourth-order valence-corrected chi connectivity index (χ4v) is 6.52. The lowest BCUT2D eigenvalue weighted by molar-refractivity contribution is -0.128. The molecule has 1 aliphatic carbocycles. The van der Waals surface area contributed by atoms with Gasteiger partial charge < -0.3 is 23.8 Å². The number of amides is 1. The number of hydrogen-bond acceptors (Lipinski definition) is 8. The molecule has 1 aromatic carbocycles. The van der Waals surface area contributed by atoms with E-state index in [0.717, 1.165) is 69.2 Å². The molecule has 3 aromatic rings. The van der Waals surface area contributed by atoms with Crippen molar-refractivity contribution in [2.45, 2.75) is 44.7 Å². The highest BCUT2D eigenvalue weighted by molar-refractivity contribution is 5.87. The number of ether oxygens (including phenoxy) is 2. The van der Waals surface area contributed by atoms with Gasteiger partial charge in [0.25, 0.3) is 0 Å². The number of morpholine rings is 1. The minimum absolute atomic E-state index is 0.135. The molecule has 0 N–H and O–H groups in total. The maximum atomic E-state index is 12.5. The maximum absolute atomic E-state index is 12.5. The Morgan fingerprint density at radius 2 is 2.07 bits per heavy atom. The molecule has 10 heteroatoms. The molecule has 2 aromatic heterocycles. The summed E-state index contributed by atoms with van der Waals surface area (Å²) in [7, 11) is 0. The molecule has 220 valence electrons. The molecule has 0 bridgehead atoms. The maximum Gasteiger partial charge on any atom is 0.318 e. The number of nitrogens with zero attached hydrogens (tertiary/aromatic N) is 7. The van der Waals surface area contributed by atoms with Crippen LogP contribution >= 0.6 is 0 Å². The topological polar surface area (TPSA) is 99.8 Å². The van der Waals surface area contributed by atoms with Crippen LogP contribution in [0.4, 0.5) is 5.82 Å². The van der Waals surface area contributed by atoms with E-state index in [0.29, 0.717) is 32.3 Å². The summed E-state index contributed by atoms with van der Waals surface area (Å²) in [4.78, 5) is 28.8. The lowest BCUT2D eigenvalue weighted by atomic mass is 9.91. The van der Waals surface area contributed by atoms with Gasteiger partial charge in [0.1, 0.15) is 12.4 Å². The van der Waals surface area contributed by atoms with Gasteiger partial charge >= 0.3 is 6.01 Å². The van der Waals surface area contributed by atoms with Crippen molar-refractivity contribution in [3.05, 3.63) is 59.9 Å². The Balaban J connectivity index is 1.29. The molecule has 2 aliphatic heterocycles. The first-order valence-corrected chi connectivity index (χ1v) is 15.0. The standard InChI is InChI=1S/C32H39N7O3/c1-3-30(40)39-13-12-37(22-26(39)8-10-33)31-27-7-6-25(38-11-9-24-5-4-23(2)20-29(24)38)21-28(27)34-32(35-31)42-19-16-36-14-17-41-18-15-36/h3-5,9,11,20,25-26H,1,6-8,12-19,21-22H2,2H3. The van der Waals surface area contributed by atoms with Gasteiger partial charge in [0.05, 0.1) is 37.4 Å². The van der Waals surface area contributed by atoms with E-state index in [-0.39, 0.29) is 24.4 Å². The van der Waals surface area contributed by atoms with E-state index in [1.807, 2.05) is 0 Å². The monoisotopic (exact) mass is 569 g/mol. The Hall–Kier alpha value is -3.94. The largest absolute Gasteiger partial charge is 0.462 e. The van der Waals surface area contributed by atoms with Gasteiger partial charge in [0.2, 0.25) is 5.91 Å². The van der Waals surface area contributed by atoms with Crippen LogP contribution in [0.3, 0.4) is 0 Å². The van der Waals surface area contributed by atoms with Crippen LogP contribution in [0.25, 0.3) is 10.9 Å². The molecule has 6 rings (SSSR count). The number of hydrogen-bond donors (Lipinski definition) is 0. The van der Waals surface area contributed by atoms with Crippen LogP contribution in [0.15, 0.2) is 43.1 Å². The van der Waals surface area contributed by atoms with E-state index in [4.69, 9.17) is 19.4 Å². The molecule has 2 atom stereocenters. The van der Waals surface area contributed by atoms with E-state index >= 15 is 0 Å². The number of rotatable bonds is 8. The van der Waals surface area contributed by atoms with Crippen LogP contribution in [0.5, 0.6) is 6.01 Å². The van der Waals surface area contributed by atoms with Gasteiger partial charge in [-0.1, -0.05) is 18.7 Å². The van der Waals surface area contributed by atoms with Crippen molar-refractivity contribution in [3.8, 4) is 12.1 Å². The van der Waals surface area contributed by atoms with E-state index in [1.165, 1.54) is 22.5 Å². The normalized spacial score (nSPS) is 21.1. The number of nitriles is 1. The number of carbonyl (C=O) groups is 1. The number of anilines is 1. The van der Waals surface area contributed by atoms with E-state index < -0.39 is 0 Å². The first-order chi connectivity index (χ1) is 20.5. The number of aryl methyl sites for hydroxylation is 1. The first kappa shape index (κ1) is 28.2. The third kappa shape index (κ3) is 5.85. The lowest BCUT2D eigenvalue weighted by Gasteiger charge is -2.42. The molecule has 0 radical (unpaired) electrons. The molecule has 3 aliphatic rings. The fraction of sp³-hybridized carbons (Fsp3) is 0.500. The summed E-state index contributed by atoms with van der Waals surface area (Å²) in [5, 5.41) is 10.8. The summed E-state index contributed by atoms with van der Waals surface area (Å²) in [5.74, 6) is 0.741. The van der Waals surface area contributed by atoms with Gasteiger partial charge in [0.15, 0.2) is 0 Å². The summed E-state index contributed by atoms with van der Waals surface area (Å²) in [6, 6.07) is 11.5. The Morgan fingerprint density at radius 3 is 2.88 bits per heavy atom. The highest BCUT2D eigenvalue weighted by Gasteiger charge is 2.34. The predicted molar refractivity (Wildman–Crippen MR) is 161 cm³/mol. The highest BCUT2D eigenvalue weighted by atomic mass is 16.5. The Labute approximate surface area is 247 Å². The van der Waals surface area contributed by atoms with E-state index in [9.17, 15) is 10.1 Å². The van der Waals surface area contributed by atoms with Crippen molar-refractivity contribution in [2.75, 3.05) is 64.0 Å².